The molecule has 57 heavy (non-hydrogen) atoms. The van der Waals surface area contributed by atoms with Crippen molar-refractivity contribution >= 4 is 18.3 Å². The van der Waals surface area contributed by atoms with Gasteiger partial charge in [0.25, 0.3) is 0 Å². The van der Waals surface area contributed by atoms with Crippen molar-refractivity contribution in [3.63, 3.8) is 0 Å². The van der Waals surface area contributed by atoms with Gasteiger partial charge in [-0.05, 0) is 86.4 Å². The maximum absolute atomic E-state index is 13.1. The van der Waals surface area contributed by atoms with E-state index >= 15 is 0 Å². The van der Waals surface area contributed by atoms with Gasteiger partial charge in [0.15, 0.2) is 6.29 Å². The Labute approximate surface area is 334 Å². The third-order valence-electron chi connectivity index (χ3n) is 8.88. The first-order valence-corrected chi connectivity index (χ1v) is 19.2. The van der Waals surface area contributed by atoms with Gasteiger partial charge in [-0.1, -0.05) is 36.4 Å². The summed E-state index contributed by atoms with van der Waals surface area (Å²) >= 11 is 0. The number of hydrogen-bond donors (Lipinski definition) is 7. The molecule has 2 aromatic rings. The van der Waals surface area contributed by atoms with Crippen LogP contribution in [0.25, 0.3) is 0 Å². The highest BCUT2D eigenvalue weighted by molar-refractivity contribution is 5.69. The normalized spacial score (nSPS) is 28.2. The largest absolute Gasteiger partial charge is 0.444 e. The maximum Gasteiger partial charge on any atom is 0.408 e. The number of aromatic nitrogens is 1. The smallest absolute Gasteiger partial charge is 0.408 e. The van der Waals surface area contributed by atoms with Crippen molar-refractivity contribution in [2.75, 3.05) is 6.54 Å². The highest BCUT2D eigenvalue weighted by Gasteiger charge is 2.52. The van der Waals surface area contributed by atoms with Crippen LogP contribution in [0, 0.1) is 0 Å². The SMILES string of the molecule is CC(C)(C)OC(=O)N[C@H]1[C@@H](O[C@H]2[C@H](O)[C@@H](O)[C@H](NC(=O)OC(C)(C)C)C[C@@H]2NC(=O)OC(C)(C)C)O[C@H](CN(Cc2ccccc2)Cc2ccccn2)[C@@H](O)[C@@H]1O. The van der Waals surface area contributed by atoms with Gasteiger partial charge in [-0.3, -0.25) is 9.88 Å². The van der Waals surface area contributed by atoms with Crippen LogP contribution in [-0.4, -0.2) is 133 Å². The molecule has 1 saturated carbocycles. The van der Waals surface area contributed by atoms with Crippen LogP contribution in [0.5, 0.6) is 0 Å². The Hall–Kier alpha value is -4.10. The first kappa shape index (κ1) is 45.6. The van der Waals surface area contributed by atoms with E-state index in [0.717, 1.165) is 11.3 Å². The highest BCUT2D eigenvalue weighted by Crippen LogP contribution is 2.31. The Morgan fingerprint density at radius 1 is 0.702 bits per heavy atom. The van der Waals surface area contributed by atoms with E-state index in [1.807, 2.05) is 47.4 Å². The minimum absolute atomic E-state index is 0.0417. The number of amides is 3. The van der Waals surface area contributed by atoms with Gasteiger partial charge in [-0.25, -0.2) is 14.4 Å². The summed E-state index contributed by atoms with van der Waals surface area (Å²) < 4.78 is 29.1. The van der Waals surface area contributed by atoms with Gasteiger partial charge in [-0.15, -0.1) is 0 Å². The Morgan fingerprint density at radius 2 is 1.25 bits per heavy atom. The molecule has 7 N–H and O–H groups in total. The van der Waals surface area contributed by atoms with Crippen molar-refractivity contribution in [2.45, 2.75) is 160 Å². The number of nitrogens with one attached hydrogen (secondary N) is 3. The van der Waals surface area contributed by atoms with Crippen LogP contribution in [0.1, 0.15) is 80.0 Å². The minimum atomic E-state index is -1.79. The molecule has 0 unspecified atom stereocenters. The average Bonchev–Trinajstić information content (AvgIpc) is 3.07. The van der Waals surface area contributed by atoms with Crippen LogP contribution < -0.4 is 16.0 Å². The molecule has 17 nitrogen and oxygen atoms in total. The zero-order valence-electron chi connectivity index (χ0n) is 34.2. The number of hydrogen-bond acceptors (Lipinski definition) is 14. The number of ether oxygens (including phenoxy) is 5. The average molecular weight is 804 g/mol. The standard InChI is InChI=1S/C40H61N5O12/c1-38(2,3)55-35(50)42-25-19-26(43-36(51)56-39(4,5)6)33(32(49)29(25)46)54-34-28(44-37(52)57-40(7,8)9)31(48)30(47)27(53-34)22-45(20-23-15-11-10-12-16-23)21-24-17-13-14-18-41-24/h10-18,25-34,46-49H,19-22H2,1-9H3,(H,42,50)(H,43,51)(H,44,52)/t25-,26+,27-,28-,29+,30-,31-,32-,33-,34-/m1/s1. The Bertz CT molecular complexity index is 1560. The van der Waals surface area contributed by atoms with Gasteiger partial charge in [-0.2, -0.15) is 0 Å². The van der Waals surface area contributed by atoms with E-state index < -0.39 is 96.1 Å². The molecule has 2 aliphatic rings. The lowest BCUT2D eigenvalue weighted by Crippen LogP contribution is -2.70. The van der Waals surface area contributed by atoms with Crippen molar-refractivity contribution in [1.82, 2.24) is 25.8 Å². The highest BCUT2D eigenvalue weighted by atomic mass is 16.7. The van der Waals surface area contributed by atoms with Crippen molar-refractivity contribution in [2.24, 2.45) is 0 Å². The zero-order chi connectivity index (χ0) is 42.3. The number of pyridine rings is 1. The van der Waals surface area contributed by atoms with Gasteiger partial charge >= 0.3 is 18.3 Å². The molecule has 3 amide bonds. The summed E-state index contributed by atoms with van der Waals surface area (Å²) in [6.07, 6.45) is -12.1. The van der Waals surface area contributed by atoms with Crippen molar-refractivity contribution in [1.29, 1.82) is 0 Å². The lowest BCUT2D eigenvalue weighted by atomic mass is 9.83. The Morgan fingerprint density at radius 3 is 1.79 bits per heavy atom. The predicted octanol–water partition coefficient (Wildman–Crippen LogP) is 2.72. The molecule has 1 aliphatic carbocycles. The van der Waals surface area contributed by atoms with Crippen LogP contribution in [0.4, 0.5) is 14.4 Å². The molecule has 0 bridgehead atoms. The van der Waals surface area contributed by atoms with Gasteiger partial charge < -0.3 is 60.1 Å². The zero-order valence-corrected chi connectivity index (χ0v) is 34.2. The molecule has 10 atom stereocenters. The lowest BCUT2D eigenvalue weighted by molar-refractivity contribution is -0.296. The Balaban J connectivity index is 1.67. The fourth-order valence-corrected chi connectivity index (χ4v) is 6.55. The van der Waals surface area contributed by atoms with Crippen LogP contribution in [0.3, 0.4) is 0 Å². The maximum atomic E-state index is 13.1. The molecule has 318 valence electrons. The molecule has 2 fully saturated rings. The summed E-state index contributed by atoms with van der Waals surface area (Å²) in [4.78, 5) is 45.4. The van der Waals surface area contributed by atoms with E-state index in [1.165, 1.54) is 0 Å². The summed E-state index contributed by atoms with van der Waals surface area (Å²) in [7, 11) is 0. The third kappa shape index (κ3) is 14.3. The molecule has 1 aromatic heterocycles. The van der Waals surface area contributed by atoms with E-state index in [2.05, 4.69) is 20.9 Å². The quantitative estimate of drug-likeness (QED) is 0.162. The monoisotopic (exact) mass is 803 g/mol. The summed E-state index contributed by atoms with van der Waals surface area (Å²) in [5, 5.41) is 54.0. The molecular formula is C40H61N5O12. The van der Waals surface area contributed by atoms with Crippen molar-refractivity contribution in [3.05, 3.63) is 66.0 Å². The topological polar surface area (TPSA) is 230 Å². The number of rotatable bonds is 11. The summed E-state index contributed by atoms with van der Waals surface area (Å²) in [5.41, 5.74) is -1.02. The predicted molar refractivity (Wildman–Crippen MR) is 206 cm³/mol. The van der Waals surface area contributed by atoms with E-state index in [9.17, 15) is 34.8 Å². The minimum Gasteiger partial charge on any atom is -0.444 e. The van der Waals surface area contributed by atoms with Gasteiger partial charge in [0.1, 0.15) is 59.5 Å². The fraction of sp³-hybridized carbons (Fsp3) is 0.650. The molecular weight excluding hydrogens is 742 g/mol. The van der Waals surface area contributed by atoms with Gasteiger partial charge in [0.05, 0.1) is 17.8 Å². The van der Waals surface area contributed by atoms with Crippen LogP contribution in [0.15, 0.2) is 54.7 Å². The number of carbonyl (C=O) groups is 3. The number of carbonyl (C=O) groups excluding carboxylic acids is 3. The second-order valence-corrected chi connectivity index (χ2v) is 17.5. The number of benzene rings is 1. The summed E-state index contributed by atoms with van der Waals surface area (Å²) in [5.74, 6) is 0. The second kappa shape index (κ2) is 19.1. The number of nitrogens with zero attached hydrogens (tertiary/aromatic N) is 2. The van der Waals surface area contributed by atoms with Crippen molar-refractivity contribution in [3.8, 4) is 0 Å². The van der Waals surface area contributed by atoms with Crippen molar-refractivity contribution < 1.29 is 58.5 Å². The molecule has 4 rings (SSSR count). The molecule has 1 aliphatic heterocycles. The first-order valence-electron chi connectivity index (χ1n) is 19.2. The molecule has 17 heteroatoms. The molecule has 0 spiro atoms. The van der Waals surface area contributed by atoms with Crippen LogP contribution in [0.2, 0.25) is 0 Å². The van der Waals surface area contributed by atoms with E-state index in [0.29, 0.717) is 13.1 Å². The van der Waals surface area contributed by atoms with Gasteiger partial charge in [0, 0.05) is 25.8 Å². The number of aliphatic hydroxyl groups is 4. The van der Waals surface area contributed by atoms with E-state index in [4.69, 9.17) is 23.7 Å². The first-order chi connectivity index (χ1) is 26.5. The fourth-order valence-electron chi connectivity index (χ4n) is 6.55. The summed E-state index contributed by atoms with van der Waals surface area (Å²) in [6, 6.07) is 11.4. The molecule has 2 heterocycles. The number of aliphatic hydroxyl groups excluding tert-OH is 4. The van der Waals surface area contributed by atoms with E-state index in [1.54, 1.807) is 74.6 Å². The third-order valence-corrected chi connectivity index (χ3v) is 8.88. The molecule has 1 aromatic carbocycles. The molecule has 0 radical (unpaired) electrons. The van der Waals surface area contributed by atoms with Gasteiger partial charge in [0.2, 0.25) is 0 Å². The Kier molecular flexibility index (Phi) is 15.3. The number of alkyl carbamates (subject to hydrolysis) is 3. The van der Waals surface area contributed by atoms with E-state index in [-0.39, 0.29) is 13.0 Å². The van der Waals surface area contributed by atoms with Crippen LogP contribution in [-0.2, 0) is 36.8 Å². The van der Waals surface area contributed by atoms with Crippen LogP contribution >= 0.6 is 0 Å². The molecule has 1 saturated heterocycles. The second-order valence-electron chi connectivity index (χ2n) is 17.5. The summed E-state index contributed by atoms with van der Waals surface area (Å²) in [6.45, 7) is 15.7. The lowest BCUT2D eigenvalue weighted by Gasteiger charge is -2.48.